The fraction of sp³-hybridized carbons (Fsp3) is 0.474. The van der Waals surface area contributed by atoms with Gasteiger partial charge < -0.3 is 15.4 Å². The highest BCUT2D eigenvalue weighted by molar-refractivity contribution is 6.32. The van der Waals surface area contributed by atoms with Gasteiger partial charge in [-0.15, -0.1) is 0 Å². The van der Waals surface area contributed by atoms with Crippen LogP contribution in [0.15, 0.2) is 18.5 Å². The number of ether oxygens (including phenoxy) is 1. The second-order valence-electron chi connectivity index (χ2n) is 6.64. The summed E-state index contributed by atoms with van der Waals surface area (Å²) in [6, 6.07) is 4.26. The zero-order valence-corrected chi connectivity index (χ0v) is 15.8. The number of aryl methyl sites for hydroxylation is 2. The molecule has 0 bridgehead atoms. The molecule has 0 aliphatic carbocycles. The van der Waals surface area contributed by atoms with E-state index in [1.807, 2.05) is 26.0 Å². The third-order valence-electron chi connectivity index (χ3n) is 4.82. The third kappa shape index (κ3) is 3.66. The van der Waals surface area contributed by atoms with Crippen molar-refractivity contribution in [1.29, 1.82) is 0 Å². The maximum Gasteiger partial charge on any atom is 0.248 e. The lowest BCUT2D eigenvalue weighted by Crippen LogP contribution is -2.40. The van der Waals surface area contributed by atoms with E-state index in [-0.39, 0.29) is 0 Å². The van der Waals surface area contributed by atoms with E-state index in [1.165, 1.54) is 19.2 Å². The summed E-state index contributed by atoms with van der Waals surface area (Å²) in [7, 11) is 0. The van der Waals surface area contributed by atoms with Gasteiger partial charge in [-0.2, -0.15) is 4.98 Å². The molecule has 2 aromatic rings. The maximum absolute atomic E-state index is 6.37. The minimum Gasteiger partial charge on any atom is -0.437 e. The van der Waals surface area contributed by atoms with Crippen LogP contribution in [-0.2, 0) is 0 Å². The van der Waals surface area contributed by atoms with E-state index in [1.54, 1.807) is 0 Å². The summed E-state index contributed by atoms with van der Waals surface area (Å²) < 4.78 is 5.96. The van der Waals surface area contributed by atoms with Gasteiger partial charge in [-0.3, -0.25) is 0 Å². The minimum absolute atomic E-state index is 0.395. The van der Waals surface area contributed by atoms with Crippen LogP contribution in [0.25, 0.3) is 0 Å². The zero-order chi connectivity index (χ0) is 18.0. The number of benzene rings is 1. The van der Waals surface area contributed by atoms with Gasteiger partial charge in [0, 0.05) is 17.6 Å². The molecule has 1 aromatic heterocycles. The Labute approximate surface area is 154 Å². The number of nitrogens with zero attached hydrogens (tertiary/aromatic N) is 3. The highest BCUT2D eigenvalue weighted by Gasteiger charge is 2.25. The van der Waals surface area contributed by atoms with Gasteiger partial charge in [0.25, 0.3) is 0 Å². The number of hydrogen-bond donors (Lipinski definition) is 1. The zero-order valence-electron chi connectivity index (χ0n) is 15.1. The van der Waals surface area contributed by atoms with Gasteiger partial charge >= 0.3 is 0 Å². The first kappa shape index (κ1) is 17.8. The molecule has 25 heavy (non-hydrogen) atoms. The van der Waals surface area contributed by atoms with Crippen molar-refractivity contribution in [1.82, 2.24) is 9.97 Å². The highest BCUT2D eigenvalue weighted by Crippen LogP contribution is 2.36. The number of nitrogen functional groups attached to an aromatic ring is 1. The van der Waals surface area contributed by atoms with E-state index in [9.17, 15) is 0 Å². The predicted molar refractivity (Wildman–Crippen MR) is 103 cm³/mol. The standard InChI is InChI=1S/C19H25ClN4O/c1-4-14-7-5-6-8-24(14)18-17(21)19(23-11-22-18)25-15-9-12(2)16(20)13(3)10-15/h9-11,14H,4-8,21H2,1-3H3. The second-order valence-corrected chi connectivity index (χ2v) is 7.02. The van der Waals surface area contributed by atoms with Crippen LogP contribution in [0.2, 0.25) is 5.02 Å². The Hall–Kier alpha value is -2.01. The van der Waals surface area contributed by atoms with Gasteiger partial charge in [0.2, 0.25) is 5.88 Å². The maximum atomic E-state index is 6.37. The summed E-state index contributed by atoms with van der Waals surface area (Å²) in [5.41, 5.74) is 8.79. The van der Waals surface area contributed by atoms with Gasteiger partial charge in [0.05, 0.1) is 0 Å². The number of rotatable bonds is 4. The van der Waals surface area contributed by atoms with Crippen LogP contribution in [0.3, 0.4) is 0 Å². The Balaban J connectivity index is 1.91. The van der Waals surface area contributed by atoms with Crippen molar-refractivity contribution in [3.05, 3.63) is 34.6 Å². The average Bonchev–Trinajstić information content (AvgIpc) is 2.61. The Bertz CT molecular complexity index is 742. The van der Waals surface area contributed by atoms with E-state index in [0.29, 0.717) is 23.4 Å². The van der Waals surface area contributed by atoms with Gasteiger partial charge in [-0.1, -0.05) is 18.5 Å². The molecule has 0 radical (unpaired) electrons. The molecule has 134 valence electrons. The minimum atomic E-state index is 0.395. The van der Waals surface area contributed by atoms with Crippen LogP contribution in [0, 0.1) is 13.8 Å². The van der Waals surface area contributed by atoms with E-state index >= 15 is 0 Å². The summed E-state index contributed by atoms with van der Waals surface area (Å²) >= 11 is 6.23. The van der Waals surface area contributed by atoms with Crippen LogP contribution in [0.5, 0.6) is 11.6 Å². The number of aromatic nitrogens is 2. The summed E-state index contributed by atoms with van der Waals surface area (Å²) in [6.07, 6.45) is 6.19. The van der Waals surface area contributed by atoms with Crippen molar-refractivity contribution in [2.45, 2.75) is 52.5 Å². The molecule has 2 N–H and O–H groups in total. The van der Waals surface area contributed by atoms with E-state index < -0.39 is 0 Å². The second kappa shape index (κ2) is 7.48. The lowest BCUT2D eigenvalue weighted by Gasteiger charge is -2.36. The fourth-order valence-electron chi connectivity index (χ4n) is 3.46. The lowest BCUT2D eigenvalue weighted by atomic mass is 10.00. The average molecular weight is 361 g/mol. The third-order valence-corrected chi connectivity index (χ3v) is 5.42. The summed E-state index contributed by atoms with van der Waals surface area (Å²) in [6.45, 7) is 7.09. The predicted octanol–water partition coefficient (Wildman–Crippen LogP) is 4.89. The first-order valence-corrected chi connectivity index (χ1v) is 9.20. The van der Waals surface area contributed by atoms with Crippen molar-refractivity contribution in [3.63, 3.8) is 0 Å². The van der Waals surface area contributed by atoms with Gasteiger partial charge in [0.15, 0.2) is 5.82 Å². The molecule has 0 saturated carbocycles. The molecule has 2 heterocycles. The largest absolute Gasteiger partial charge is 0.437 e. The van der Waals surface area contributed by atoms with E-state index in [4.69, 9.17) is 22.1 Å². The van der Waals surface area contributed by atoms with Crippen molar-refractivity contribution < 1.29 is 4.74 Å². The molecule has 3 rings (SSSR count). The van der Waals surface area contributed by atoms with Crippen molar-refractivity contribution >= 4 is 23.1 Å². The molecule has 6 heteroatoms. The fourth-order valence-corrected chi connectivity index (χ4v) is 3.57. The van der Waals surface area contributed by atoms with Crippen molar-refractivity contribution in [2.75, 3.05) is 17.2 Å². The number of piperidine rings is 1. The van der Waals surface area contributed by atoms with Crippen LogP contribution in [0.4, 0.5) is 11.5 Å². The Morgan fingerprint density at radius 2 is 1.96 bits per heavy atom. The first-order chi connectivity index (χ1) is 12.0. The molecule has 0 amide bonds. The molecule has 1 aliphatic heterocycles. The monoisotopic (exact) mass is 360 g/mol. The Kier molecular flexibility index (Phi) is 5.33. The van der Waals surface area contributed by atoms with Crippen molar-refractivity contribution in [2.24, 2.45) is 0 Å². The first-order valence-electron chi connectivity index (χ1n) is 8.83. The number of anilines is 2. The summed E-state index contributed by atoms with van der Waals surface area (Å²) in [5, 5.41) is 0.753. The van der Waals surface area contributed by atoms with Crippen LogP contribution >= 0.6 is 11.6 Å². The van der Waals surface area contributed by atoms with Crippen molar-refractivity contribution in [3.8, 4) is 11.6 Å². The molecule has 1 fully saturated rings. The number of halogens is 1. The molecule has 0 spiro atoms. The summed E-state index contributed by atoms with van der Waals surface area (Å²) in [4.78, 5) is 11.0. The van der Waals surface area contributed by atoms with Crippen LogP contribution in [-0.4, -0.2) is 22.6 Å². The molecule has 1 unspecified atom stereocenters. The SMILES string of the molecule is CCC1CCCCN1c1ncnc(Oc2cc(C)c(Cl)c(C)c2)c1N. The molecule has 1 aliphatic rings. The molecule has 5 nitrogen and oxygen atoms in total. The van der Waals surface area contributed by atoms with Gasteiger partial charge in [-0.05, 0) is 62.8 Å². The quantitative estimate of drug-likeness (QED) is 0.840. The van der Waals surface area contributed by atoms with Crippen LogP contribution in [0.1, 0.15) is 43.7 Å². The van der Waals surface area contributed by atoms with Crippen LogP contribution < -0.4 is 15.4 Å². The molecular formula is C19H25ClN4O. The Morgan fingerprint density at radius 1 is 1.24 bits per heavy atom. The topological polar surface area (TPSA) is 64.3 Å². The Morgan fingerprint density at radius 3 is 2.64 bits per heavy atom. The normalized spacial score (nSPS) is 17.6. The van der Waals surface area contributed by atoms with E-state index in [0.717, 1.165) is 41.4 Å². The smallest absolute Gasteiger partial charge is 0.248 e. The molecule has 1 aromatic carbocycles. The van der Waals surface area contributed by atoms with E-state index in [2.05, 4.69) is 21.8 Å². The molecular weight excluding hydrogens is 336 g/mol. The molecule has 1 saturated heterocycles. The highest BCUT2D eigenvalue weighted by atomic mass is 35.5. The summed E-state index contributed by atoms with van der Waals surface area (Å²) in [5.74, 6) is 1.85. The van der Waals surface area contributed by atoms with Gasteiger partial charge in [0.1, 0.15) is 17.8 Å². The molecule has 1 atom stereocenters. The number of nitrogens with two attached hydrogens (primary N) is 1. The number of hydrogen-bond acceptors (Lipinski definition) is 5. The lowest BCUT2D eigenvalue weighted by molar-refractivity contribution is 0.441. The van der Waals surface area contributed by atoms with Gasteiger partial charge in [-0.25, -0.2) is 4.98 Å².